The predicted octanol–water partition coefficient (Wildman–Crippen LogP) is 3.64. The van der Waals surface area contributed by atoms with Crippen LogP contribution >= 0.6 is 0 Å². The van der Waals surface area contributed by atoms with E-state index < -0.39 is 0 Å². The number of aromatic nitrogens is 2. The molecule has 2 aromatic heterocycles. The molecule has 3 nitrogen and oxygen atoms in total. The van der Waals surface area contributed by atoms with Gasteiger partial charge in [-0.2, -0.15) is 0 Å². The molecule has 0 aliphatic carbocycles. The minimum atomic E-state index is 0.971. The summed E-state index contributed by atoms with van der Waals surface area (Å²) in [6.07, 6.45) is 4.75. The van der Waals surface area contributed by atoms with E-state index in [4.69, 9.17) is 0 Å². The molecule has 0 spiro atoms. The monoisotopic (exact) mass is 241 g/mol. The first-order chi connectivity index (χ1) is 8.74. The fraction of sp³-hybridized carbons (Fsp3) is 0.333. The van der Waals surface area contributed by atoms with Gasteiger partial charge in [0.1, 0.15) is 0 Å². The summed E-state index contributed by atoms with van der Waals surface area (Å²) >= 11 is 0. The number of aryl methyl sites for hydroxylation is 2. The van der Waals surface area contributed by atoms with E-state index in [1.54, 1.807) is 0 Å². The van der Waals surface area contributed by atoms with Gasteiger partial charge in [-0.3, -0.25) is 9.97 Å². The van der Waals surface area contributed by atoms with E-state index in [1.807, 2.05) is 38.4 Å². The molecule has 0 radical (unpaired) electrons. The highest BCUT2D eigenvalue weighted by Gasteiger charge is 2.13. The smallest absolute Gasteiger partial charge is 0.0627 e. The molecule has 0 aliphatic heterocycles. The van der Waals surface area contributed by atoms with E-state index in [0.29, 0.717) is 0 Å². The van der Waals surface area contributed by atoms with Gasteiger partial charge in [0.2, 0.25) is 0 Å². The third-order valence-electron chi connectivity index (χ3n) is 2.99. The van der Waals surface area contributed by atoms with E-state index in [-0.39, 0.29) is 0 Å². The van der Waals surface area contributed by atoms with Gasteiger partial charge in [-0.15, -0.1) is 0 Å². The molecule has 18 heavy (non-hydrogen) atoms. The molecule has 2 rings (SSSR count). The van der Waals surface area contributed by atoms with Gasteiger partial charge in [0.15, 0.2) is 0 Å². The van der Waals surface area contributed by atoms with Crippen LogP contribution in [0.3, 0.4) is 0 Å². The van der Waals surface area contributed by atoms with Crippen LogP contribution in [0.5, 0.6) is 0 Å². The van der Waals surface area contributed by atoms with Crippen molar-refractivity contribution in [3.63, 3.8) is 0 Å². The number of hydrogen-bond acceptors (Lipinski definition) is 3. The maximum Gasteiger partial charge on any atom is 0.0627 e. The van der Waals surface area contributed by atoms with Crippen LogP contribution in [0.2, 0.25) is 0 Å². The van der Waals surface area contributed by atoms with Crippen LogP contribution in [0.1, 0.15) is 24.7 Å². The summed E-state index contributed by atoms with van der Waals surface area (Å²) < 4.78 is 0. The van der Waals surface area contributed by atoms with Gasteiger partial charge < -0.3 is 4.90 Å². The Morgan fingerprint density at radius 3 is 1.83 bits per heavy atom. The first-order valence-electron chi connectivity index (χ1n) is 6.34. The highest BCUT2D eigenvalue weighted by Crippen LogP contribution is 2.28. The molecule has 0 aromatic carbocycles. The van der Waals surface area contributed by atoms with Crippen molar-refractivity contribution in [2.45, 2.75) is 27.2 Å². The van der Waals surface area contributed by atoms with Crippen molar-refractivity contribution in [1.82, 2.24) is 9.97 Å². The molecule has 0 atom stereocenters. The molecule has 2 aromatic rings. The lowest BCUT2D eigenvalue weighted by Crippen LogP contribution is -2.20. The first-order valence-corrected chi connectivity index (χ1v) is 6.34. The summed E-state index contributed by atoms with van der Waals surface area (Å²) in [5.41, 5.74) is 4.43. The summed E-state index contributed by atoms with van der Waals surface area (Å²) in [5, 5.41) is 0. The minimum Gasteiger partial charge on any atom is -0.339 e. The molecule has 0 unspecified atom stereocenters. The molecular weight excluding hydrogens is 222 g/mol. The fourth-order valence-corrected chi connectivity index (χ4v) is 2.12. The Hall–Kier alpha value is -1.90. The number of anilines is 2. The number of rotatable bonds is 4. The molecule has 0 saturated heterocycles. The Kier molecular flexibility index (Phi) is 3.92. The van der Waals surface area contributed by atoms with Crippen molar-refractivity contribution in [3.05, 3.63) is 48.0 Å². The Labute approximate surface area is 109 Å². The van der Waals surface area contributed by atoms with E-state index in [0.717, 1.165) is 35.7 Å². The fourth-order valence-electron chi connectivity index (χ4n) is 2.12. The quantitative estimate of drug-likeness (QED) is 0.818. The second kappa shape index (κ2) is 5.63. The second-order valence-electron chi connectivity index (χ2n) is 4.37. The zero-order valence-corrected chi connectivity index (χ0v) is 11.2. The summed E-state index contributed by atoms with van der Waals surface area (Å²) in [6.45, 7) is 7.25. The van der Waals surface area contributed by atoms with E-state index in [9.17, 15) is 0 Å². The van der Waals surface area contributed by atoms with Crippen LogP contribution in [0, 0.1) is 13.8 Å². The first kappa shape index (κ1) is 12.6. The average Bonchev–Trinajstić information content (AvgIpc) is 2.38. The van der Waals surface area contributed by atoms with Gasteiger partial charge in [0.25, 0.3) is 0 Å². The molecule has 0 amide bonds. The van der Waals surface area contributed by atoms with Crippen LogP contribution in [0.4, 0.5) is 11.4 Å². The van der Waals surface area contributed by atoms with Gasteiger partial charge in [0.05, 0.1) is 22.8 Å². The van der Waals surface area contributed by atoms with Crippen molar-refractivity contribution in [3.8, 4) is 0 Å². The van der Waals surface area contributed by atoms with Crippen LogP contribution in [0.25, 0.3) is 0 Å². The van der Waals surface area contributed by atoms with Crippen molar-refractivity contribution in [2.24, 2.45) is 0 Å². The Morgan fingerprint density at radius 2 is 1.44 bits per heavy atom. The molecule has 3 heteroatoms. The molecule has 0 fully saturated rings. The lowest BCUT2D eigenvalue weighted by atomic mass is 10.2. The third-order valence-corrected chi connectivity index (χ3v) is 2.99. The lowest BCUT2D eigenvalue weighted by Gasteiger charge is -2.26. The Bertz CT molecular complexity index is 477. The standard InChI is InChI=1S/C15H19N3/c1-4-11-18(14-7-5-9-16-12(14)2)15-8-6-10-17-13(15)3/h5-10H,4,11H2,1-3H3. The number of nitrogens with zero attached hydrogens (tertiary/aromatic N) is 3. The maximum absolute atomic E-state index is 4.38. The largest absolute Gasteiger partial charge is 0.339 e. The van der Waals surface area contributed by atoms with Crippen molar-refractivity contribution in [2.75, 3.05) is 11.4 Å². The van der Waals surface area contributed by atoms with Crippen LogP contribution in [0.15, 0.2) is 36.7 Å². The highest BCUT2D eigenvalue weighted by atomic mass is 15.1. The summed E-state index contributed by atoms with van der Waals surface area (Å²) in [7, 11) is 0. The molecular formula is C15H19N3. The van der Waals surface area contributed by atoms with Crippen LogP contribution < -0.4 is 4.90 Å². The summed E-state index contributed by atoms with van der Waals surface area (Å²) in [4.78, 5) is 11.0. The van der Waals surface area contributed by atoms with Crippen molar-refractivity contribution in [1.29, 1.82) is 0 Å². The van der Waals surface area contributed by atoms with Gasteiger partial charge >= 0.3 is 0 Å². The highest BCUT2D eigenvalue weighted by molar-refractivity contribution is 5.66. The third kappa shape index (κ3) is 2.50. The molecule has 0 bridgehead atoms. The van der Waals surface area contributed by atoms with Crippen LogP contribution in [-0.2, 0) is 0 Å². The topological polar surface area (TPSA) is 29.0 Å². The molecule has 2 heterocycles. The van der Waals surface area contributed by atoms with Crippen molar-refractivity contribution >= 4 is 11.4 Å². The molecule has 0 aliphatic rings. The summed E-state index contributed by atoms with van der Waals surface area (Å²) in [6, 6.07) is 8.20. The van der Waals surface area contributed by atoms with Gasteiger partial charge in [-0.05, 0) is 44.5 Å². The van der Waals surface area contributed by atoms with E-state index in [2.05, 4.69) is 33.9 Å². The normalized spacial score (nSPS) is 10.4. The lowest BCUT2D eigenvalue weighted by molar-refractivity contribution is 0.870. The molecule has 94 valence electrons. The number of hydrogen-bond donors (Lipinski definition) is 0. The van der Waals surface area contributed by atoms with Gasteiger partial charge in [0, 0.05) is 18.9 Å². The maximum atomic E-state index is 4.38. The predicted molar refractivity (Wildman–Crippen MR) is 75.2 cm³/mol. The molecule has 0 saturated carbocycles. The zero-order chi connectivity index (χ0) is 13.0. The van der Waals surface area contributed by atoms with Gasteiger partial charge in [-0.1, -0.05) is 6.92 Å². The summed E-state index contributed by atoms with van der Waals surface area (Å²) in [5.74, 6) is 0. The minimum absolute atomic E-state index is 0.971. The van der Waals surface area contributed by atoms with E-state index in [1.165, 1.54) is 0 Å². The van der Waals surface area contributed by atoms with Crippen molar-refractivity contribution < 1.29 is 0 Å². The van der Waals surface area contributed by atoms with E-state index >= 15 is 0 Å². The Morgan fingerprint density at radius 1 is 0.944 bits per heavy atom. The zero-order valence-electron chi connectivity index (χ0n) is 11.2. The van der Waals surface area contributed by atoms with Crippen LogP contribution in [-0.4, -0.2) is 16.5 Å². The average molecular weight is 241 g/mol. The number of pyridine rings is 2. The molecule has 0 N–H and O–H groups in total. The second-order valence-corrected chi connectivity index (χ2v) is 4.37. The van der Waals surface area contributed by atoms with Gasteiger partial charge in [-0.25, -0.2) is 0 Å². The Balaban J connectivity index is 2.47. The SMILES string of the molecule is CCCN(c1cccnc1C)c1cccnc1C.